The third-order valence-corrected chi connectivity index (χ3v) is 23.9. The predicted molar refractivity (Wildman–Crippen MR) is 448 cm³/mol. The largest absolute Gasteiger partial charge is 0.458 e. The number of furan rings is 2. The van der Waals surface area contributed by atoms with Gasteiger partial charge in [0, 0.05) is 97.6 Å². The standard InChI is InChI=1S/C99H53BN6O4/c1-3-20-54(21-4-1)97-101-98(55-22-5-2-6-23-55)103-99(102-97)68-43-45-80(96-92(68)73-51-81-70(53-87(73)110-96)65-31-18-30-64-62-26-7-13-35-77(62)105(81)94(64)65)104-76-34-12-8-27-63(76)69-47-58(40-44-79(69)104)61-41-42-66-71-52-86-72(50-82(71)106-78-36-14-9-28-67(78)91(61)95(66)106)90-60(29-19-39-85(90)109-86)57-25-17-24-56(46-57)59-48-88-93-89(49-59)108-84-38-16-11-33-75(84)100(93)74-32-10-15-37-83(74)107-88/h1-53H. The molecule has 26 rings (SSSR count). The summed E-state index contributed by atoms with van der Waals surface area (Å²) in [5, 5.41) is 15.8. The van der Waals surface area contributed by atoms with E-state index in [9.17, 15) is 0 Å². The summed E-state index contributed by atoms with van der Waals surface area (Å²) in [7, 11) is 0. The van der Waals surface area contributed by atoms with E-state index in [-0.39, 0.29) is 6.71 Å². The van der Waals surface area contributed by atoms with Crippen LogP contribution in [0.4, 0.5) is 0 Å². The smallest absolute Gasteiger partial charge is 0.260 e. The highest BCUT2D eigenvalue weighted by molar-refractivity contribution is 6.98. The van der Waals surface area contributed by atoms with Crippen LogP contribution >= 0.6 is 0 Å². The van der Waals surface area contributed by atoms with Crippen molar-refractivity contribution in [2.45, 2.75) is 0 Å². The van der Waals surface area contributed by atoms with Gasteiger partial charge in [-0.25, -0.2) is 15.0 Å². The molecule has 0 aliphatic carbocycles. The van der Waals surface area contributed by atoms with Crippen LogP contribution in [0.25, 0.3) is 215 Å². The molecule has 0 bridgehead atoms. The number of aromatic nitrogens is 6. The summed E-state index contributed by atoms with van der Waals surface area (Å²) < 4.78 is 35.4. The van der Waals surface area contributed by atoms with Crippen LogP contribution in [0, 0.1) is 0 Å². The van der Waals surface area contributed by atoms with E-state index in [1.165, 1.54) is 48.9 Å². The van der Waals surface area contributed by atoms with E-state index in [0.717, 1.165) is 188 Å². The number of ether oxygens (including phenoxy) is 2. The first-order chi connectivity index (χ1) is 54.5. The number of rotatable bonds is 7. The van der Waals surface area contributed by atoms with Gasteiger partial charge in [-0.2, -0.15) is 0 Å². The second-order valence-electron chi connectivity index (χ2n) is 29.5. The Morgan fingerprint density at radius 1 is 0.255 bits per heavy atom. The number of para-hydroxylation sites is 6. The van der Waals surface area contributed by atoms with Crippen molar-refractivity contribution in [3.8, 4) is 96.2 Å². The molecule has 2 aliphatic heterocycles. The van der Waals surface area contributed by atoms with Crippen molar-refractivity contribution in [2.75, 3.05) is 0 Å². The minimum Gasteiger partial charge on any atom is -0.458 e. The second kappa shape index (κ2) is 21.5. The van der Waals surface area contributed by atoms with Gasteiger partial charge in [0.15, 0.2) is 23.1 Å². The highest BCUT2D eigenvalue weighted by atomic mass is 16.5. The van der Waals surface area contributed by atoms with Gasteiger partial charge in [-0.1, -0.05) is 218 Å². The SMILES string of the molecule is c1ccc(-c2nc(-c3ccccc3)nc(-c3ccc(-n4c5ccccc5c5cc(-c6ccc7c8cc9oc%10cccc(-c%11cccc(-c%12cc%13c%14c(c%12)Oc%12ccccc%12B%14c%12ccccc%12O%13)c%11)c%10c9cc8n8c9ccccc9c6c78)ccc54)c4oc5cc6c7cccc8c9ccccc9n(c6cc5c34)c87)n2)cc1. The maximum Gasteiger partial charge on any atom is 0.260 e. The zero-order valence-corrected chi connectivity index (χ0v) is 58.5. The van der Waals surface area contributed by atoms with Crippen LogP contribution in [0.5, 0.6) is 23.0 Å². The Hall–Kier alpha value is -14.8. The fraction of sp³-hybridized carbons (Fsp3) is 0. The summed E-state index contributed by atoms with van der Waals surface area (Å²) in [5.74, 6) is 5.10. The summed E-state index contributed by atoms with van der Waals surface area (Å²) in [5.41, 5.74) is 25.7. The molecule has 0 N–H and O–H groups in total. The molecule has 10 nitrogen and oxygen atoms in total. The third-order valence-electron chi connectivity index (χ3n) is 23.9. The number of hydrogen-bond acceptors (Lipinski definition) is 7. The van der Waals surface area contributed by atoms with E-state index in [1.807, 2.05) is 48.5 Å². The lowest BCUT2D eigenvalue weighted by Crippen LogP contribution is -2.57. The lowest BCUT2D eigenvalue weighted by Gasteiger charge is -2.33. The van der Waals surface area contributed by atoms with Crippen molar-refractivity contribution >= 4 is 165 Å². The Balaban J connectivity index is 0.639. The summed E-state index contributed by atoms with van der Waals surface area (Å²) >= 11 is 0. The van der Waals surface area contributed by atoms with Gasteiger partial charge in [0.2, 0.25) is 0 Å². The zero-order valence-electron chi connectivity index (χ0n) is 58.5. The molecule has 16 aromatic carbocycles. The van der Waals surface area contributed by atoms with Crippen molar-refractivity contribution in [1.82, 2.24) is 28.3 Å². The van der Waals surface area contributed by atoms with Crippen LogP contribution in [0.15, 0.2) is 330 Å². The van der Waals surface area contributed by atoms with Gasteiger partial charge in [0.1, 0.15) is 39.7 Å². The van der Waals surface area contributed by atoms with Gasteiger partial charge in [0.25, 0.3) is 6.71 Å². The van der Waals surface area contributed by atoms with Crippen LogP contribution in [-0.4, -0.2) is 35.0 Å². The predicted octanol–water partition coefficient (Wildman–Crippen LogP) is 23.8. The molecule has 0 amide bonds. The van der Waals surface area contributed by atoms with Crippen molar-refractivity contribution in [3.05, 3.63) is 322 Å². The minimum absolute atomic E-state index is 0.00459. The van der Waals surface area contributed by atoms with Gasteiger partial charge in [0.05, 0.1) is 49.8 Å². The van der Waals surface area contributed by atoms with Crippen molar-refractivity contribution in [2.24, 2.45) is 0 Å². The Morgan fingerprint density at radius 3 is 1.49 bits per heavy atom. The van der Waals surface area contributed by atoms with Crippen molar-refractivity contribution in [3.63, 3.8) is 0 Å². The average molecular weight is 1400 g/mol. The Bertz CT molecular complexity index is 8060. The molecule has 11 heteroatoms. The summed E-state index contributed by atoms with van der Waals surface area (Å²) in [6.45, 7) is 0.00459. The molecular formula is C99H53BN6O4. The molecule has 110 heavy (non-hydrogen) atoms. The third kappa shape index (κ3) is 7.87. The van der Waals surface area contributed by atoms with E-state index in [4.69, 9.17) is 33.3 Å². The molecule has 506 valence electrons. The molecule has 0 atom stereocenters. The second-order valence-corrected chi connectivity index (χ2v) is 29.5. The summed E-state index contributed by atoms with van der Waals surface area (Å²) in [4.78, 5) is 15.9. The molecule has 0 saturated heterocycles. The molecule has 0 unspecified atom stereocenters. The number of hydrogen-bond donors (Lipinski definition) is 0. The van der Waals surface area contributed by atoms with E-state index in [0.29, 0.717) is 17.5 Å². The van der Waals surface area contributed by atoms with Crippen LogP contribution in [0.2, 0.25) is 0 Å². The minimum atomic E-state index is 0.00459. The maximum atomic E-state index is 7.52. The van der Waals surface area contributed by atoms with Gasteiger partial charge >= 0.3 is 0 Å². The molecule has 0 fully saturated rings. The van der Waals surface area contributed by atoms with Crippen LogP contribution in [0.1, 0.15) is 0 Å². The molecular weight excluding hydrogens is 1350 g/mol. The summed E-state index contributed by atoms with van der Waals surface area (Å²) in [6.07, 6.45) is 0. The number of benzene rings is 16. The normalized spacial score (nSPS) is 12.9. The van der Waals surface area contributed by atoms with Gasteiger partial charge in [-0.15, -0.1) is 0 Å². The molecule has 8 aromatic heterocycles. The molecule has 10 heterocycles. The van der Waals surface area contributed by atoms with Crippen molar-refractivity contribution < 1.29 is 18.3 Å². The van der Waals surface area contributed by atoms with Gasteiger partial charge in [-0.3, -0.25) is 0 Å². The van der Waals surface area contributed by atoms with E-state index in [1.54, 1.807) is 0 Å². The van der Waals surface area contributed by atoms with E-state index >= 15 is 0 Å². The summed E-state index contributed by atoms with van der Waals surface area (Å²) in [6, 6.07) is 115. The van der Waals surface area contributed by atoms with Crippen molar-refractivity contribution in [1.29, 1.82) is 0 Å². The topological polar surface area (TPSA) is 97.2 Å². The molecule has 0 radical (unpaired) electrons. The molecule has 0 saturated carbocycles. The monoisotopic (exact) mass is 1400 g/mol. The zero-order chi connectivity index (χ0) is 71.3. The number of fused-ring (bicyclic) bond motifs is 25. The van der Waals surface area contributed by atoms with Crippen LogP contribution in [-0.2, 0) is 0 Å². The van der Waals surface area contributed by atoms with Gasteiger partial charge in [-0.05, 0) is 147 Å². The number of nitrogens with zero attached hydrogens (tertiary/aromatic N) is 6. The van der Waals surface area contributed by atoms with E-state index in [2.05, 4.69) is 286 Å². The highest BCUT2D eigenvalue weighted by Crippen LogP contribution is 2.51. The van der Waals surface area contributed by atoms with Gasteiger partial charge < -0.3 is 31.7 Å². The lowest BCUT2D eigenvalue weighted by molar-refractivity contribution is 0.465. The first kappa shape index (κ1) is 58.5. The molecule has 24 aromatic rings. The quantitative estimate of drug-likeness (QED) is 0.147. The van der Waals surface area contributed by atoms with E-state index < -0.39 is 0 Å². The Morgan fingerprint density at radius 2 is 0.764 bits per heavy atom. The average Bonchev–Trinajstić information content (AvgIpc) is 1.51. The van der Waals surface area contributed by atoms with Crippen LogP contribution in [0.3, 0.4) is 0 Å². The fourth-order valence-electron chi connectivity index (χ4n) is 19.2. The maximum absolute atomic E-state index is 7.52. The Kier molecular flexibility index (Phi) is 11.4. The molecule has 2 aliphatic rings. The highest BCUT2D eigenvalue weighted by Gasteiger charge is 2.40. The first-order valence-electron chi connectivity index (χ1n) is 37.4. The first-order valence-corrected chi connectivity index (χ1v) is 37.4. The molecule has 0 spiro atoms. The Labute approximate surface area is 625 Å². The van der Waals surface area contributed by atoms with Crippen LogP contribution < -0.4 is 25.9 Å². The fourth-order valence-corrected chi connectivity index (χ4v) is 19.2. The lowest BCUT2D eigenvalue weighted by atomic mass is 9.35.